The van der Waals surface area contributed by atoms with Crippen molar-refractivity contribution < 1.29 is 9.59 Å². The van der Waals surface area contributed by atoms with E-state index in [4.69, 9.17) is 0 Å². The number of nitrogens with one attached hydrogen (secondary N) is 2. The molecule has 0 aliphatic rings. The first-order valence-corrected chi connectivity index (χ1v) is 11.4. The minimum Gasteiger partial charge on any atom is -0.320 e. The number of anilines is 1. The van der Waals surface area contributed by atoms with Gasteiger partial charge in [0.25, 0.3) is 11.8 Å². The number of amides is 2. The first-order valence-electron chi connectivity index (χ1n) is 11.4. The molecule has 0 aliphatic carbocycles. The molecule has 5 rings (SSSR count). The minimum atomic E-state index is -0.394. The van der Waals surface area contributed by atoms with Gasteiger partial charge in [0.05, 0.1) is 0 Å². The molecule has 0 atom stereocenters. The number of carbonyl (C=O) groups excluding carboxylic acids is 2. The predicted octanol–water partition coefficient (Wildman–Crippen LogP) is 6.71. The second-order valence-electron chi connectivity index (χ2n) is 8.43. The maximum absolute atomic E-state index is 13.5. The third kappa shape index (κ3) is 4.82. The maximum Gasteiger partial charge on any atom is 0.272 e. The van der Waals surface area contributed by atoms with Gasteiger partial charge in [-0.2, -0.15) is 0 Å². The van der Waals surface area contributed by atoms with E-state index in [0.29, 0.717) is 11.3 Å². The summed E-state index contributed by atoms with van der Waals surface area (Å²) in [6, 6.07) is 34.7. The molecular formula is C31H24N2O2. The summed E-state index contributed by atoms with van der Waals surface area (Å²) in [5, 5.41) is 9.84. The van der Waals surface area contributed by atoms with E-state index >= 15 is 0 Å². The van der Waals surface area contributed by atoms with Crippen molar-refractivity contribution in [3.05, 3.63) is 132 Å². The summed E-state index contributed by atoms with van der Waals surface area (Å²) in [6.45, 7) is 1.96. The molecule has 0 heterocycles. The lowest BCUT2D eigenvalue weighted by molar-refractivity contribution is -0.113. The van der Waals surface area contributed by atoms with Gasteiger partial charge in [-0.15, -0.1) is 0 Å². The van der Waals surface area contributed by atoms with E-state index < -0.39 is 5.91 Å². The Kier molecular flexibility index (Phi) is 6.10. The first kappa shape index (κ1) is 22.1. The molecule has 0 saturated carbocycles. The average Bonchev–Trinajstić information content (AvgIpc) is 2.89. The van der Waals surface area contributed by atoms with Crippen LogP contribution in [0.15, 0.2) is 115 Å². The number of rotatable bonds is 5. The number of benzene rings is 5. The third-order valence-corrected chi connectivity index (χ3v) is 5.97. The molecule has 35 heavy (non-hydrogen) atoms. The monoisotopic (exact) mass is 456 g/mol. The largest absolute Gasteiger partial charge is 0.320 e. The lowest BCUT2D eigenvalue weighted by Crippen LogP contribution is -2.30. The molecular weight excluding hydrogens is 432 g/mol. The second kappa shape index (κ2) is 9.65. The van der Waals surface area contributed by atoms with Gasteiger partial charge in [0.2, 0.25) is 0 Å². The number of carbonyl (C=O) groups is 2. The maximum atomic E-state index is 13.5. The first-order chi connectivity index (χ1) is 17.1. The Hall–Kier alpha value is -4.70. The predicted molar refractivity (Wildman–Crippen MR) is 143 cm³/mol. The van der Waals surface area contributed by atoms with Crippen LogP contribution in [0.2, 0.25) is 0 Å². The van der Waals surface area contributed by atoms with Gasteiger partial charge in [-0.3, -0.25) is 9.59 Å². The van der Waals surface area contributed by atoms with Crippen LogP contribution in [0, 0.1) is 6.92 Å². The van der Waals surface area contributed by atoms with Crippen LogP contribution in [-0.2, 0) is 4.79 Å². The van der Waals surface area contributed by atoms with E-state index in [-0.39, 0.29) is 11.6 Å². The van der Waals surface area contributed by atoms with Crippen molar-refractivity contribution >= 4 is 45.1 Å². The van der Waals surface area contributed by atoms with Crippen LogP contribution in [0.5, 0.6) is 0 Å². The highest BCUT2D eigenvalue weighted by Gasteiger charge is 2.16. The average molecular weight is 457 g/mol. The van der Waals surface area contributed by atoms with Crippen molar-refractivity contribution in [1.82, 2.24) is 5.32 Å². The minimum absolute atomic E-state index is 0.167. The SMILES string of the molecule is Cc1ccc(C(=O)N/C(=C\c2cccc3ccccc23)C(=O)Nc2cccc3ccccc23)cc1. The summed E-state index contributed by atoms with van der Waals surface area (Å²) in [7, 11) is 0. The molecule has 5 aromatic rings. The zero-order valence-corrected chi connectivity index (χ0v) is 19.3. The molecule has 0 unspecified atom stereocenters. The molecule has 0 spiro atoms. The Morgan fingerprint density at radius 3 is 2.00 bits per heavy atom. The molecule has 0 saturated heterocycles. The summed E-state index contributed by atoms with van der Waals surface area (Å²) in [5.41, 5.74) is 3.23. The molecule has 0 radical (unpaired) electrons. The van der Waals surface area contributed by atoms with Crippen molar-refractivity contribution in [2.45, 2.75) is 6.92 Å². The molecule has 0 aliphatic heterocycles. The van der Waals surface area contributed by atoms with Crippen molar-refractivity contribution in [3.63, 3.8) is 0 Å². The van der Waals surface area contributed by atoms with Crippen LogP contribution in [0.3, 0.4) is 0 Å². The van der Waals surface area contributed by atoms with E-state index in [1.54, 1.807) is 18.2 Å². The highest BCUT2D eigenvalue weighted by Crippen LogP contribution is 2.25. The molecule has 5 aromatic carbocycles. The van der Waals surface area contributed by atoms with Crippen LogP contribution in [0.25, 0.3) is 27.6 Å². The summed E-state index contributed by atoms with van der Waals surface area (Å²) in [4.78, 5) is 26.6. The Balaban J connectivity index is 1.54. The number of hydrogen-bond acceptors (Lipinski definition) is 2. The van der Waals surface area contributed by atoms with Crippen LogP contribution < -0.4 is 10.6 Å². The molecule has 0 fully saturated rings. The Morgan fingerprint density at radius 2 is 1.26 bits per heavy atom. The molecule has 4 nitrogen and oxygen atoms in total. The lowest BCUT2D eigenvalue weighted by atomic mass is 10.0. The lowest BCUT2D eigenvalue weighted by Gasteiger charge is -2.13. The zero-order chi connectivity index (χ0) is 24.2. The highest BCUT2D eigenvalue weighted by molar-refractivity contribution is 6.14. The van der Waals surface area contributed by atoms with Gasteiger partial charge >= 0.3 is 0 Å². The molecule has 170 valence electrons. The molecule has 2 N–H and O–H groups in total. The Morgan fingerprint density at radius 1 is 0.657 bits per heavy atom. The van der Waals surface area contributed by atoms with Gasteiger partial charge in [-0.25, -0.2) is 0 Å². The van der Waals surface area contributed by atoms with Gasteiger partial charge < -0.3 is 10.6 Å². The van der Waals surface area contributed by atoms with Gasteiger partial charge in [0, 0.05) is 16.6 Å². The van der Waals surface area contributed by atoms with Crippen LogP contribution >= 0.6 is 0 Å². The number of aryl methyl sites for hydroxylation is 1. The van der Waals surface area contributed by atoms with Gasteiger partial charge in [0.15, 0.2) is 0 Å². The van der Waals surface area contributed by atoms with Crippen LogP contribution in [0.1, 0.15) is 21.5 Å². The fourth-order valence-electron chi connectivity index (χ4n) is 4.11. The van der Waals surface area contributed by atoms with Crippen molar-refractivity contribution in [2.24, 2.45) is 0 Å². The molecule has 0 aromatic heterocycles. The van der Waals surface area contributed by atoms with E-state index in [2.05, 4.69) is 10.6 Å². The van der Waals surface area contributed by atoms with Crippen LogP contribution in [0.4, 0.5) is 5.69 Å². The zero-order valence-electron chi connectivity index (χ0n) is 19.3. The quantitative estimate of drug-likeness (QED) is 0.289. The Labute approximate surface area is 203 Å². The van der Waals surface area contributed by atoms with Gasteiger partial charge in [-0.1, -0.05) is 96.6 Å². The number of hydrogen-bond donors (Lipinski definition) is 2. The van der Waals surface area contributed by atoms with Crippen molar-refractivity contribution in [1.29, 1.82) is 0 Å². The molecule has 4 heteroatoms. The van der Waals surface area contributed by atoms with Crippen molar-refractivity contribution in [3.8, 4) is 0 Å². The Bertz CT molecular complexity index is 1570. The standard InChI is InChI=1S/C31H24N2O2/c1-21-16-18-24(19-17-21)30(34)33-29(20-25-12-6-10-22-8-2-4-13-26(22)25)31(35)32-28-15-7-11-23-9-3-5-14-27(23)28/h2-20H,1H3,(H,32,35)(H,33,34)/b29-20-. The second-order valence-corrected chi connectivity index (χ2v) is 8.43. The van der Waals surface area contributed by atoms with Gasteiger partial charge in [0.1, 0.15) is 5.70 Å². The highest BCUT2D eigenvalue weighted by atomic mass is 16.2. The van der Waals surface area contributed by atoms with E-state index in [1.807, 2.05) is 104 Å². The normalized spacial score (nSPS) is 11.4. The van der Waals surface area contributed by atoms with E-state index in [0.717, 1.165) is 32.7 Å². The smallest absolute Gasteiger partial charge is 0.272 e. The van der Waals surface area contributed by atoms with E-state index in [9.17, 15) is 9.59 Å². The summed E-state index contributed by atoms with van der Waals surface area (Å²) < 4.78 is 0. The topological polar surface area (TPSA) is 58.2 Å². The van der Waals surface area contributed by atoms with Gasteiger partial charge in [-0.05, 0) is 52.9 Å². The fraction of sp³-hybridized carbons (Fsp3) is 0.0323. The summed E-state index contributed by atoms with van der Waals surface area (Å²) in [5.74, 6) is -0.737. The molecule has 0 bridgehead atoms. The summed E-state index contributed by atoms with van der Waals surface area (Å²) in [6.07, 6.45) is 1.73. The molecule has 2 amide bonds. The summed E-state index contributed by atoms with van der Waals surface area (Å²) >= 11 is 0. The fourth-order valence-corrected chi connectivity index (χ4v) is 4.11. The number of fused-ring (bicyclic) bond motifs is 2. The van der Waals surface area contributed by atoms with E-state index in [1.165, 1.54) is 0 Å². The third-order valence-electron chi connectivity index (χ3n) is 5.97. The van der Waals surface area contributed by atoms with Crippen LogP contribution in [-0.4, -0.2) is 11.8 Å². The van der Waals surface area contributed by atoms with Crippen molar-refractivity contribution in [2.75, 3.05) is 5.32 Å².